The number of anilines is 1. The number of amides is 1. The molecule has 1 aliphatic rings. The minimum absolute atomic E-state index is 0.0555. The lowest BCUT2D eigenvalue weighted by Crippen LogP contribution is -2.51. The summed E-state index contributed by atoms with van der Waals surface area (Å²) in [6.07, 6.45) is 2.62. The molecule has 1 aromatic rings. The molecule has 1 atom stereocenters. The Morgan fingerprint density at radius 2 is 2.05 bits per heavy atom. The summed E-state index contributed by atoms with van der Waals surface area (Å²) in [7, 11) is 0. The van der Waals surface area contributed by atoms with Gasteiger partial charge in [0.1, 0.15) is 5.82 Å². The molecule has 110 valence electrons. The highest BCUT2D eigenvalue weighted by molar-refractivity contribution is 6.40. The fourth-order valence-electron chi connectivity index (χ4n) is 2.40. The largest absolute Gasteiger partial charge is 0.308 e. The van der Waals surface area contributed by atoms with E-state index in [2.05, 4.69) is 5.32 Å². The second-order valence-electron chi connectivity index (χ2n) is 4.86. The molecule has 1 heterocycles. The van der Waals surface area contributed by atoms with Crippen molar-refractivity contribution >= 4 is 34.8 Å². The number of benzene rings is 1. The third kappa shape index (κ3) is 3.25. The van der Waals surface area contributed by atoms with E-state index in [1.54, 1.807) is 4.90 Å². The molecule has 1 saturated heterocycles. The Hall–Kier alpha value is -0.840. The Morgan fingerprint density at radius 3 is 2.65 bits per heavy atom. The zero-order chi connectivity index (χ0) is 14.7. The summed E-state index contributed by atoms with van der Waals surface area (Å²) in [6, 6.07) is 2.14. The molecular weight excluding hydrogens is 302 g/mol. The van der Waals surface area contributed by atoms with Gasteiger partial charge in [-0.3, -0.25) is 4.79 Å². The summed E-state index contributed by atoms with van der Waals surface area (Å²) < 4.78 is 13.2. The first kappa shape index (κ1) is 15.5. The summed E-state index contributed by atoms with van der Waals surface area (Å²) >= 11 is 12.1. The average molecular weight is 319 g/mol. The van der Waals surface area contributed by atoms with Crippen LogP contribution in [0.5, 0.6) is 0 Å². The first-order valence-electron chi connectivity index (χ1n) is 6.74. The topological polar surface area (TPSA) is 32.3 Å². The summed E-state index contributed by atoms with van der Waals surface area (Å²) in [6.45, 7) is 3.38. The zero-order valence-electron chi connectivity index (χ0n) is 11.3. The monoisotopic (exact) mass is 318 g/mol. The first-order valence-corrected chi connectivity index (χ1v) is 7.49. The molecule has 6 heteroatoms. The molecule has 0 radical (unpaired) electrons. The van der Waals surface area contributed by atoms with Gasteiger partial charge < -0.3 is 10.2 Å². The van der Waals surface area contributed by atoms with Crippen molar-refractivity contribution < 1.29 is 9.18 Å². The smallest absolute Gasteiger partial charge is 0.244 e. The van der Waals surface area contributed by atoms with Gasteiger partial charge in [0.25, 0.3) is 0 Å². The molecule has 1 fully saturated rings. The molecule has 0 saturated carbocycles. The van der Waals surface area contributed by atoms with Crippen molar-refractivity contribution in [3.05, 3.63) is 28.0 Å². The van der Waals surface area contributed by atoms with Gasteiger partial charge in [-0.1, -0.05) is 30.1 Å². The zero-order valence-corrected chi connectivity index (χ0v) is 12.8. The Kier molecular flexibility index (Phi) is 5.24. The molecule has 20 heavy (non-hydrogen) atoms. The molecule has 0 aromatic heterocycles. The minimum Gasteiger partial charge on any atom is -0.308 e. The van der Waals surface area contributed by atoms with E-state index in [1.807, 2.05) is 6.92 Å². The number of rotatable bonds is 4. The molecule has 3 nitrogen and oxygen atoms in total. The molecule has 2 rings (SSSR count). The summed E-state index contributed by atoms with van der Waals surface area (Å²) in [5.41, 5.74) is 0.405. The Morgan fingerprint density at radius 1 is 1.40 bits per heavy atom. The predicted molar refractivity (Wildman–Crippen MR) is 80.1 cm³/mol. The van der Waals surface area contributed by atoms with Crippen molar-refractivity contribution in [1.29, 1.82) is 0 Å². The summed E-state index contributed by atoms with van der Waals surface area (Å²) in [4.78, 5) is 14.0. The van der Waals surface area contributed by atoms with E-state index in [4.69, 9.17) is 23.2 Å². The van der Waals surface area contributed by atoms with Crippen LogP contribution in [0.1, 0.15) is 26.2 Å². The van der Waals surface area contributed by atoms with Crippen LogP contribution < -0.4 is 10.2 Å². The second kappa shape index (κ2) is 6.74. The van der Waals surface area contributed by atoms with E-state index in [9.17, 15) is 9.18 Å². The van der Waals surface area contributed by atoms with Gasteiger partial charge in [-0.25, -0.2) is 4.39 Å². The Labute approximate surface area is 128 Å². The van der Waals surface area contributed by atoms with Crippen LogP contribution in [-0.4, -0.2) is 25.0 Å². The van der Waals surface area contributed by atoms with E-state index < -0.39 is 5.82 Å². The molecule has 0 bridgehead atoms. The van der Waals surface area contributed by atoms with Crippen LogP contribution in [0, 0.1) is 5.82 Å². The van der Waals surface area contributed by atoms with Crippen molar-refractivity contribution in [3.8, 4) is 0 Å². The standard InChI is InChI=1S/C14H17Cl2FN2O/c1-2-5-18-12-4-3-6-19(14(12)20)13-10(15)7-9(17)8-11(13)16/h7-8,12,18H,2-6H2,1H3. The van der Waals surface area contributed by atoms with E-state index in [0.29, 0.717) is 12.2 Å². The molecule has 1 amide bonds. The van der Waals surface area contributed by atoms with Crippen molar-refractivity contribution in [2.24, 2.45) is 0 Å². The second-order valence-corrected chi connectivity index (χ2v) is 5.67. The van der Waals surface area contributed by atoms with Crippen molar-refractivity contribution in [3.63, 3.8) is 0 Å². The normalized spacial score (nSPS) is 19.5. The lowest BCUT2D eigenvalue weighted by molar-refractivity contribution is -0.121. The van der Waals surface area contributed by atoms with Crippen LogP contribution in [-0.2, 0) is 4.79 Å². The van der Waals surface area contributed by atoms with Gasteiger partial charge in [0.05, 0.1) is 21.8 Å². The van der Waals surface area contributed by atoms with E-state index in [1.165, 1.54) is 12.1 Å². The number of hydrogen-bond donors (Lipinski definition) is 1. The van der Waals surface area contributed by atoms with E-state index in [0.717, 1.165) is 25.8 Å². The summed E-state index contributed by atoms with van der Waals surface area (Å²) in [5, 5.41) is 3.55. The number of carbonyl (C=O) groups excluding carboxylic acids is 1. The molecule has 0 spiro atoms. The number of nitrogens with one attached hydrogen (secondary N) is 1. The number of hydrogen-bond acceptors (Lipinski definition) is 2. The third-order valence-corrected chi connectivity index (χ3v) is 3.91. The van der Waals surface area contributed by atoms with Crippen LogP contribution in [0.3, 0.4) is 0 Å². The van der Waals surface area contributed by atoms with Gasteiger partial charge >= 0.3 is 0 Å². The van der Waals surface area contributed by atoms with Gasteiger partial charge in [0, 0.05) is 6.54 Å². The Bertz CT molecular complexity index is 487. The molecule has 1 unspecified atom stereocenters. The van der Waals surface area contributed by atoms with Crippen LogP contribution in [0.4, 0.5) is 10.1 Å². The number of carbonyl (C=O) groups is 1. The minimum atomic E-state index is -0.506. The average Bonchev–Trinajstić information content (AvgIpc) is 2.38. The van der Waals surface area contributed by atoms with Crippen LogP contribution in [0.25, 0.3) is 0 Å². The van der Waals surface area contributed by atoms with Crippen molar-refractivity contribution in [2.75, 3.05) is 18.0 Å². The van der Waals surface area contributed by atoms with Crippen molar-refractivity contribution in [1.82, 2.24) is 5.32 Å². The molecule has 0 aliphatic carbocycles. The fourth-order valence-corrected chi connectivity index (χ4v) is 3.06. The van der Waals surface area contributed by atoms with Crippen LogP contribution in [0.2, 0.25) is 10.0 Å². The van der Waals surface area contributed by atoms with Crippen molar-refractivity contribution in [2.45, 2.75) is 32.2 Å². The number of halogens is 3. The highest BCUT2D eigenvalue weighted by Crippen LogP contribution is 2.36. The number of nitrogens with zero attached hydrogens (tertiary/aromatic N) is 1. The predicted octanol–water partition coefficient (Wildman–Crippen LogP) is 3.63. The quantitative estimate of drug-likeness (QED) is 0.919. The van der Waals surface area contributed by atoms with E-state index in [-0.39, 0.29) is 22.0 Å². The maximum atomic E-state index is 13.2. The number of piperidine rings is 1. The molecule has 1 aromatic carbocycles. The molecule has 1 N–H and O–H groups in total. The highest BCUT2D eigenvalue weighted by Gasteiger charge is 2.31. The van der Waals surface area contributed by atoms with Gasteiger partial charge in [0.2, 0.25) is 5.91 Å². The van der Waals surface area contributed by atoms with E-state index >= 15 is 0 Å². The maximum absolute atomic E-state index is 13.2. The highest BCUT2D eigenvalue weighted by atomic mass is 35.5. The fraction of sp³-hybridized carbons (Fsp3) is 0.500. The van der Waals surface area contributed by atoms with Crippen LogP contribution >= 0.6 is 23.2 Å². The third-order valence-electron chi connectivity index (χ3n) is 3.33. The van der Waals surface area contributed by atoms with Gasteiger partial charge in [0.15, 0.2) is 0 Å². The molecule has 1 aliphatic heterocycles. The lowest BCUT2D eigenvalue weighted by Gasteiger charge is -2.33. The maximum Gasteiger partial charge on any atom is 0.244 e. The van der Waals surface area contributed by atoms with Crippen LogP contribution in [0.15, 0.2) is 12.1 Å². The Balaban J connectivity index is 2.26. The SMILES string of the molecule is CCCNC1CCCN(c2c(Cl)cc(F)cc2Cl)C1=O. The lowest BCUT2D eigenvalue weighted by atomic mass is 10.0. The molecular formula is C14H17Cl2FN2O. The van der Waals surface area contributed by atoms with Gasteiger partial charge in [-0.2, -0.15) is 0 Å². The summed E-state index contributed by atoms with van der Waals surface area (Å²) in [5.74, 6) is -0.561. The van der Waals surface area contributed by atoms with Gasteiger partial charge in [-0.15, -0.1) is 0 Å². The first-order chi connectivity index (χ1) is 9.54. The van der Waals surface area contributed by atoms with Gasteiger partial charge in [-0.05, 0) is 37.9 Å².